The number of pyridine rings is 1. The van der Waals surface area contributed by atoms with Crippen molar-refractivity contribution in [3.63, 3.8) is 0 Å². The Kier molecular flexibility index (Phi) is 3.55. The number of fused-ring (bicyclic) bond motifs is 1. The molecule has 0 N–H and O–H groups in total. The smallest absolute Gasteiger partial charge is 0.267 e. The molecule has 0 amide bonds. The van der Waals surface area contributed by atoms with E-state index in [0.717, 1.165) is 0 Å². The third kappa shape index (κ3) is 2.25. The Labute approximate surface area is 128 Å². The van der Waals surface area contributed by atoms with Crippen molar-refractivity contribution in [1.29, 1.82) is 0 Å². The average molecular weight is 348 g/mol. The molecule has 0 saturated carbocycles. The summed E-state index contributed by atoms with van der Waals surface area (Å²) in [6.45, 7) is 1.87. The van der Waals surface area contributed by atoms with Gasteiger partial charge in [-0.3, -0.25) is 14.3 Å². The maximum absolute atomic E-state index is 14.0. The normalized spacial score (nSPS) is 11.0. The Morgan fingerprint density at radius 2 is 2.14 bits per heavy atom. The summed E-state index contributed by atoms with van der Waals surface area (Å²) >= 11 is 3.30. The van der Waals surface area contributed by atoms with Crippen molar-refractivity contribution in [2.75, 3.05) is 0 Å². The van der Waals surface area contributed by atoms with Crippen LogP contribution >= 0.6 is 15.9 Å². The van der Waals surface area contributed by atoms with Gasteiger partial charge in [-0.15, -0.1) is 0 Å². The van der Waals surface area contributed by atoms with Crippen molar-refractivity contribution in [2.45, 2.75) is 13.3 Å². The molecule has 1 aromatic carbocycles. The molecule has 0 saturated heterocycles. The number of hydrogen-bond donors (Lipinski definition) is 0. The van der Waals surface area contributed by atoms with E-state index < -0.39 is 5.82 Å². The lowest BCUT2D eigenvalue weighted by molar-refractivity contribution is 0.634. The number of aryl methyl sites for hydroxylation is 1. The minimum Gasteiger partial charge on any atom is -0.268 e. The Morgan fingerprint density at radius 3 is 2.81 bits per heavy atom. The van der Waals surface area contributed by atoms with E-state index in [4.69, 9.17) is 0 Å². The Morgan fingerprint density at radius 1 is 1.33 bits per heavy atom. The highest BCUT2D eigenvalue weighted by Crippen LogP contribution is 2.23. The third-order valence-corrected chi connectivity index (χ3v) is 3.87. The van der Waals surface area contributed by atoms with Crippen molar-refractivity contribution in [3.8, 4) is 5.69 Å². The van der Waals surface area contributed by atoms with E-state index in [1.165, 1.54) is 16.7 Å². The molecule has 2 aromatic heterocycles. The van der Waals surface area contributed by atoms with Gasteiger partial charge < -0.3 is 0 Å². The van der Waals surface area contributed by atoms with Crippen LogP contribution in [0.15, 0.2) is 45.9 Å². The van der Waals surface area contributed by atoms with E-state index in [9.17, 15) is 9.18 Å². The second-order valence-corrected chi connectivity index (χ2v) is 5.34. The molecule has 3 aromatic rings. The lowest BCUT2D eigenvalue weighted by Gasteiger charge is -2.13. The molecule has 6 heteroatoms. The van der Waals surface area contributed by atoms with Gasteiger partial charge in [0.05, 0.1) is 17.3 Å². The van der Waals surface area contributed by atoms with Gasteiger partial charge in [-0.2, -0.15) is 0 Å². The number of benzene rings is 1. The second-order valence-electron chi connectivity index (χ2n) is 4.49. The van der Waals surface area contributed by atoms with Gasteiger partial charge in [-0.05, 0) is 40.2 Å². The molecule has 0 atom stereocenters. The van der Waals surface area contributed by atoms with Crippen molar-refractivity contribution in [3.05, 3.63) is 63.1 Å². The highest BCUT2D eigenvalue weighted by molar-refractivity contribution is 9.10. The molecule has 0 spiro atoms. The van der Waals surface area contributed by atoms with Crippen LogP contribution in [0.3, 0.4) is 0 Å². The first-order valence-electron chi connectivity index (χ1n) is 6.43. The molecule has 0 unspecified atom stereocenters. The van der Waals surface area contributed by atoms with E-state index in [1.807, 2.05) is 6.92 Å². The van der Waals surface area contributed by atoms with Gasteiger partial charge in [-0.1, -0.05) is 6.92 Å². The molecular weight excluding hydrogens is 337 g/mol. The molecule has 106 valence electrons. The fourth-order valence-electron chi connectivity index (χ4n) is 2.25. The molecule has 4 nitrogen and oxygen atoms in total. The summed E-state index contributed by atoms with van der Waals surface area (Å²) in [5.41, 5.74) is 0.396. The van der Waals surface area contributed by atoms with Crippen LogP contribution in [0, 0.1) is 5.82 Å². The quantitative estimate of drug-likeness (QED) is 0.714. The minimum atomic E-state index is -0.502. The number of nitrogens with zero attached hydrogens (tertiary/aromatic N) is 3. The molecule has 21 heavy (non-hydrogen) atoms. The van der Waals surface area contributed by atoms with Gasteiger partial charge in [-0.25, -0.2) is 9.37 Å². The monoisotopic (exact) mass is 347 g/mol. The summed E-state index contributed by atoms with van der Waals surface area (Å²) < 4.78 is 15.9. The number of halogens is 2. The van der Waals surface area contributed by atoms with Crippen LogP contribution in [0.2, 0.25) is 0 Å². The maximum atomic E-state index is 14.0. The van der Waals surface area contributed by atoms with Gasteiger partial charge in [0.1, 0.15) is 17.2 Å². The first kappa shape index (κ1) is 13.9. The summed E-state index contributed by atoms with van der Waals surface area (Å²) in [7, 11) is 0. The predicted molar refractivity (Wildman–Crippen MR) is 82.2 cm³/mol. The van der Waals surface area contributed by atoms with Crippen LogP contribution in [0.5, 0.6) is 0 Å². The zero-order valence-corrected chi connectivity index (χ0v) is 12.8. The topological polar surface area (TPSA) is 47.8 Å². The maximum Gasteiger partial charge on any atom is 0.267 e. The largest absolute Gasteiger partial charge is 0.268 e. The van der Waals surface area contributed by atoms with Crippen LogP contribution < -0.4 is 5.56 Å². The Hall–Kier alpha value is -2.08. The Bertz CT molecular complexity index is 877. The zero-order chi connectivity index (χ0) is 15.0. The van der Waals surface area contributed by atoms with Crippen molar-refractivity contribution >= 4 is 26.8 Å². The highest BCUT2D eigenvalue weighted by atomic mass is 79.9. The van der Waals surface area contributed by atoms with Crippen LogP contribution in [0.25, 0.3) is 16.6 Å². The second kappa shape index (κ2) is 5.37. The van der Waals surface area contributed by atoms with E-state index in [1.54, 1.807) is 24.5 Å². The lowest BCUT2D eigenvalue weighted by Crippen LogP contribution is -2.24. The van der Waals surface area contributed by atoms with Crippen LogP contribution in [0.1, 0.15) is 12.7 Å². The fourth-order valence-corrected chi connectivity index (χ4v) is 2.74. The van der Waals surface area contributed by atoms with E-state index >= 15 is 0 Å². The molecule has 0 fully saturated rings. The van der Waals surface area contributed by atoms with Crippen LogP contribution in [-0.4, -0.2) is 14.5 Å². The van der Waals surface area contributed by atoms with Crippen LogP contribution in [-0.2, 0) is 6.42 Å². The van der Waals surface area contributed by atoms with Gasteiger partial charge in [0.25, 0.3) is 5.56 Å². The van der Waals surface area contributed by atoms with Gasteiger partial charge >= 0.3 is 0 Å². The first-order valence-corrected chi connectivity index (χ1v) is 7.22. The summed E-state index contributed by atoms with van der Waals surface area (Å²) in [4.78, 5) is 21.1. The molecule has 0 aliphatic rings. The van der Waals surface area contributed by atoms with E-state index in [-0.39, 0.29) is 16.5 Å². The molecular formula is C15H11BrFN3O. The first-order chi connectivity index (χ1) is 10.1. The summed E-state index contributed by atoms with van der Waals surface area (Å²) in [6, 6.07) is 6.33. The average Bonchev–Trinajstić information content (AvgIpc) is 2.51. The Balaban J connectivity index is 2.48. The highest BCUT2D eigenvalue weighted by Gasteiger charge is 2.16. The summed E-state index contributed by atoms with van der Waals surface area (Å²) in [5.74, 6) is -0.00385. The summed E-state index contributed by atoms with van der Waals surface area (Å²) in [6.07, 6.45) is 3.72. The van der Waals surface area contributed by atoms with Gasteiger partial charge in [0, 0.05) is 17.1 Å². The number of aromatic nitrogens is 3. The van der Waals surface area contributed by atoms with Crippen molar-refractivity contribution in [2.24, 2.45) is 0 Å². The molecule has 3 rings (SSSR count). The number of rotatable bonds is 2. The summed E-state index contributed by atoms with van der Waals surface area (Å²) in [5, 5.41) is 0.232. The molecule has 0 bridgehead atoms. The number of hydrogen-bond acceptors (Lipinski definition) is 3. The molecule has 0 aliphatic heterocycles. The zero-order valence-electron chi connectivity index (χ0n) is 11.2. The molecule has 0 radical (unpaired) electrons. The van der Waals surface area contributed by atoms with E-state index in [0.29, 0.717) is 22.4 Å². The van der Waals surface area contributed by atoms with Crippen LogP contribution in [0.4, 0.5) is 4.39 Å². The predicted octanol–water partition coefficient (Wildman–Crippen LogP) is 3.24. The SMILES string of the molecule is CCc1nc2c(F)ccc(Br)c2c(=O)n1-c1cccnc1. The standard InChI is InChI=1S/C15H11BrFN3O/c1-2-12-19-14-11(17)6-5-10(16)13(14)15(21)20(12)9-4-3-7-18-8-9/h3-8H,2H2,1H3. The van der Waals surface area contributed by atoms with Gasteiger partial charge in [0.2, 0.25) is 0 Å². The fraction of sp³-hybridized carbons (Fsp3) is 0.133. The van der Waals surface area contributed by atoms with Crippen molar-refractivity contribution in [1.82, 2.24) is 14.5 Å². The molecule has 0 aliphatic carbocycles. The van der Waals surface area contributed by atoms with Crippen molar-refractivity contribution < 1.29 is 4.39 Å². The molecule has 2 heterocycles. The van der Waals surface area contributed by atoms with Gasteiger partial charge in [0.15, 0.2) is 0 Å². The lowest BCUT2D eigenvalue weighted by atomic mass is 10.2. The van der Waals surface area contributed by atoms with E-state index in [2.05, 4.69) is 25.9 Å². The third-order valence-electron chi connectivity index (χ3n) is 3.21. The minimum absolute atomic E-state index is 0.0892.